The second-order valence-electron chi connectivity index (χ2n) is 4.65. The number of hydrogen-bond acceptors (Lipinski definition) is 5. The molecule has 5 nitrogen and oxygen atoms in total. The average molecular weight is 261 g/mol. The molecule has 0 aliphatic carbocycles. The third-order valence-corrected chi connectivity index (χ3v) is 3.00. The normalized spacial score (nSPS) is 11.2. The molecule has 0 aliphatic rings. The number of rotatable bonds is 6. The molecule has 0 spiro atoms. The van der Waals surface area contributed by atoms with E-state index in [1.54, 1.807) is 0 Å². The number of aryl methyl sites for hydroxylation is 1. The van der Waals surface area contributed by atoms with Gasteiger partial charge in [-0.25, -0.2) is 0 Å². The van der Waals surface area contributed by atoms with Crippen LogP contribution in [0.1, 0.15) is 22.9 Å². The van der Waals surface area contributed by atoms with E-state index in [9.17, 15) is 0 Å². The number of aromatic nitrogens is 2. The first-order chi connectivity index (χ1) is 9.19. The van der Waals surface area contributed by atoms with Crippen molar-refractivity contribution in [1.29, 1.82) is 0 Å². The van der Waals surface area contributed by atoms with E-state index >= 15 is 0 Å². The molecular weight excluding hydrogens is 242 g/mol. The molecule has 1 aromatic heterocycles. The SMILES string of the molecule is Cc1ccccc1Cc1nnc(CN(C)CCO)o1. The molecule has 0 saturated heterocycles. The lowest BCUT2D eigenvalue weighted by atomic mass is 10.1. The Hall–Kier alpha value is -1.72. The van der Waals surface area contributed by atoms with Gasteiger partial charge in [0.1, 0.15) is 0 Å². The lowest BCUT2D eigenvalue weighted by Crippen LogP contribution is -2.21. The first-order valence-electron chi connectivity index (χ1n) is 6.34. The smallest absolute Gasteiger partial charge is 0.230 e. The number of benzene rings is 1. The molecule has 0 amide bonds. The summed E-state index contributed by atoms with van der Waals surface area (Å²) in [6.07, 6.45) is 0.656. The number of hydrogen-bond donors (Lipinski definition) is 1. The largest absolute Gasteiger partial charge is 0.424 e. The van der Waals surface area contributed by atoms with E-state index in [1.807, 2.05) is 24.1 Å². The Bertz CT molecular complexity index is 525. The molecule has 1 aromatic carbocycles. The maximum atomic E-state index is 8.84. The minimum absolute atomic E-state index is 0.126. The van der Waals surface area contributed by atoms with Crippen LogP contribution in [0.5, 0.6) is 0 Å². The molecule has 0 fully saturated rings. The highest BCUT2D eigenvalue weighted by Crippen LogP contribution is 2.13. The second-order valence-corrected chi connectivity index (χ2v) is 4.65. The number of likely N-dealkylation sites (N-methyl/N-ethyl adjacent to an activating group) is 1. The molecule has 0 aliphatic heterocycles. The van der Waals surface area contributed by atoms with Crippen molar-refractivity contribution in [3.63, 3.8) is 0 Å². The Morgan fingerprint density at radius 2 is 1.95 bits per heavy atom. The Morgan fingerprint density at radius 3 is 2.68 bits per heavy atom. The number of aliphatic hydroxyl groups excluding tert-OH is 1. The first-order valence-corrected chi connectivity index (χ1v) is 6.34. The van der Waals surface area contributed by atoms with Crippen LogP contribution in [0, 0.1) is 6.92 Å². The van der Waals surface area contributed by atoms with Gasteiger partial charge in [-0.1, -0.05) is 24.3 Å². The van der Waals surface area contributed by atoms with Gasteiger partial charge in [0.15, 0.2) is 0 Å². The van der Waals surface area contributed by atoms with Crippen LogP contribution in [0.3, 0.4) is 0 Å². The van der Waals surface area contributed by atoms with Gasteiger partial charge in [-0.3, -0.25) is 4.90 Å². The fourth-order valence-corrected chi connectivity index (χ4v) is 1.88. The number of aliphatic hydroxyl groups is 1. The van der Waals surface area contributed by atoms with E-state index in [4.69, 9.17) is 9.52 Å². The topological polar surface area (TPSA) is 62.4 Å². The summed E-state index contributed by atoms with van der Waals surface area (Å²) in [5.74, 6) is 1.21. The van der Waals surface area contributed by atoms with Crippen molar-refractivity contribution in [2.24, 2.45) is 0 Å². The van der Waals surface area contributed by atoms with Gasteiger partial charge >= 0.3 is 0 Å². The van der Waals surface area contributed by atoms with Crippen molar-refractivity contribution in [3.05, 3.63) is 47.2 Å². The summed E-state index contributed by atoms with van der Waals surface area (Å²) in [6.45, 7) is 3.35. The minimum Gasteiger partial charge on any atom is -0.424 e. The standard InChI is InChI=1S/C14H19N3O2/c1-11-5-3-4-6-12(11)9-13-15-16-14(19-13)10-17(2)7-8-18/h3-6,18H,7-10H2,1-2H3. The Balaban J connectivity index is 2.00. The summed E-state index contributed by atoms with van der Waals surface area (Å²) < 4.78 is 5.61. The van der Waals surface area contributed by atoms with Crippen LogP contribution in [0.15, 0.2) is 28.7 Å². The van der Waals surface area contributed by atoms with E-state index in [0.29, 0.717) is 31.3 Å². The summed E-state index contributed by atoms with van der Waals surface area (Å²) in [7, 11) is 1.90. The van der Waals surface area contributed by atoms with Crippen molar-refractivity contribution in [2.45, 2.75) is 19.9 Å². The highest BCUT2D eigenvalue weighted by molar-refractivity contribution is 5.27. The van der Waals surface area contributed by atoms with E-state index in [1.165, 1.54) is 11.1 Å². The minimum atomic E-state index is 0.126. The molecule has 1 heterocycles. The van der Waals surface area contributed by atoms with Crippen LogP contribution in [-0.4, -0.2) is 40.4 Å². The molecule has 2 rings (SSSR count). The van der Waals surface area contributed by atoms with E-state index in [2.05, 4.69) is 29.3 Å². The van der Waals surface area contributed by atoms with Crippen LogP contribution in [-0.2, 0) is 13.0 Å². The third-order valence-electron chi connectivity index (χ3n) is 3.00. The van der Waals surface area contributed by atoms with Crippen molar-refractivity contribution in [2.75, 3.05) is 20.2 Å². The summed E-state index contributed by atoms with van der Waals surface area (Å²) in [5, 5.41) is 16.9. The zero-order valence-corrected chi connectivity index (χ0v) is 11.3. The Labute approximate surface area is 112 Å². The predicted octanol–water partition coefficient (Wildman–Crippen LogP) is 1.39. The zero-order chi connectivity index (χ0) is 13.7. The fourth-order valence-electron chi connectivity index (χ4n) is 1.88. The van der Waals surface area contributed by atoms with Crippen LogP contribution in [0.25, 0.3) is 0 Å². The van der Waals surface area contributed by atoms with Gasteiger partial charge in [0.25, 0.3) is 0 Å². The molecule has 0 saturated carbocycles. The van der Waals surface area contributed by atoms with E-state index in [-0.39, 0.29) is 6.61 Å². The molecule has 0 atom stereocenters. The summed E-state index contributed by atoms with van der Waals surface area (Å²) in [6, 6.07) is 8.16. The van der Waals surface area contributed by atoms with Gasteiger partial charge in [0.05, 0.1) is 19.6 Å². The predicted molar refractivity (Wildman–Crippen MR) is 71.7 cm³/mol. The van der Waals surface area contributed by atoms with Gasteiger partial charge in [0, 0.05) is 6.54 Å². The van der Waals surface area contributed by atoms with Crippen LogP contribution in [0.4, 0.5) is 0 Å². The molecule has 19 heavy (non-hydrogen) atoms. The quantitative estimate of drug-likeness (QED) is 0.851. The maximum absolute atomic E-state index is 8.84. The van der Waals surface area contributed by atoms with Gasteiger partial charge in [-0.2, -0.15) is 0 Å². The average Bonchev–Trinajstić information content (AvgIpc) is 2.80. The fraction of sp³-hybridized carbons (Fsp3) is 0.429. The van der Waals surface area contributed by atoms with Crippen molar-refractivity contribution >= 4 is 0 Å². The maximum Gasteiger partial charge on any atom is 0.230 e. The molecular formula is C14H19N3O2. The first kappa shape index (κ1) is 13.7. The van der Waals surface area contributed by atoms with Crippen LogP contribution in [0.2, 0.25) is 0 Å². The molecule has 5 heteroatoms. The lowest BCUT2D eigenvalue weighted by Gasteiger charge is -2.11. The highest BCUT2D eigenvalue weighted by Gasteiger charge is 2.10. The molecule has 0 bridgehead atoms. The molecule has 2 aromatic rings. The van der Waals surface area contributed by atoms with Crippen molar-refractivity contribution in [3.8, 4) is 0 Å². The zero-order valence-electron chi connectivity index (χ0n) is 11.3. The molecule has 1 N–H and O–H groups in total. The molecule has 0 unspecified atom stereocenters. The van der Waals surface area contributed by atoms with Gasteiger partial charge in [-0.15, -0.1) is 10.2 Å². The molecule has 0 radical (unpaired) electrons. The lowest BCUT2D eigenvalue weighted by molar-refractivity contribution is 0.205. The van der Waals surface area contributed by atoms with Gasteiger partial charge < -0.3 is 9.52 Å². The number of nitrogens with zero attached hydrogens (tertiary/aromatic N) is 3. The summed E-state index contributed by atoms with van der Waals surface area (Å²) >= 11 is 0. The Kier molecular flexibility index (Phi) is 4.65. The van der Waals surface area contributed by atoms with Crippen LogP contribution >= 0.6 is 0 Å². The van der Waals surface area contributed by atoms with E-state index in [0.717, 1.165) is 0 Å². The van der Waals surface area contributed by atoms with Crippen molar-refractivity contribution < 1.29 is 9.52 Å². The molecule has 102 valence electrons. The van der Waals surface area contributed by atoms with Crippen molar-refractivity contribution in [1.82, 2.24) is 15.1 Å². The van der Waals surface area contributed by atoms with Gasteiger partial charge in [0.2, 0.25) is 11.8 Å². The summed E-state index contributed by atoms with van der Waals surface area (Å²) in [4.78, 5) is 1.94. The monoisotopic (exact) mass is 261 g/mol. The summed E-state index contributed by atoms with van der Waals surface area (Å²) in [5.41, 5.74) is 2.42. The second kappa shape index (κ2) is 6.45. The highest BCUT2D eigenvalue weighted by atomic mass is 16.4. The van der Waals surface area contributed by atoms with Gasteiger partial charge in [-0.05, 0) is 25.1 Å². The van der Waals surface area contributed by atoms with E-state index < -0.39 is 0 Å². The third kappa shape index (κ3) is 3.87. The van der Waals surface area contributed by atoms with Crippen LogP contribution < -0.4 is 0 Å². The Morgan fingerprint density at radius 1 is 1.21 bits per heavy atom.